The molecule has 0 saturated heterocycles. The Morgan fingerprint density at radius 3 is 2.04 bits per heavy atom. The summed E-state index contributed by atoms with van der Waals surface area (Å²) >= 11 is 0. The van der Waals surface area contributed by atoms with Crippen LogP contribution in [0, 0.1) is 0 Å². The van der Waals surface area contributed by atoms with Crippen LogP contribution in [0.3, 0.4) is 0 Å². The predicted octanol–water partition coefficient (Wildman–Crippen LogP) is 5.53. The molecule has 0 spiro atoms. The van der Waals surface area contributed by atoms with Crippen molar-refractivity contribution < 1.29 is 14.6 Å². The maximum Gasteiger partial charge on any atom is 0.335 e. The first-order chi connectivity index (χ1) is 12.9. The van der Waals surface area contributed by atoms with Gasteiger partial charge in [-0.3, -0.25) is 0 Å². The number of fused-ring (bicyclic) bond motifs is 1. The van der Waals surface area contributed by atoms with E-state index in [9.17, 15) is 9.90 Å². The van der Waals surface area contributed by atoms with Gasteiger partial charge in [-0.25, -0.2) is 9.78 Å². The predicted molar refractivity (Wildman–Crippen MR) is 112 cm³/mol. The molecular formula is C23H28N2O3. The van der Waals surface area contributed by atoms with E-state index in [0.717, 1.165) is 33.8 Å². The number of aromatic nitrogens is 2. The van der Waals surface area contributed by atoms with Crippen LogP contribution in [0.25, 0.3) is 22.4 Å². The normalized spacial score (nSPS) is 12.4. The zero-order chi connectivity index (χ0) is 20.9. The van der Waals surface area contributed by atoms with Crippen molar-refractivity contribution in [1.29, 1.82) is 0 Å². The Bertz CT molecular complexity index is 1010. The fraction of sp³-hybridized carbons (Fsp3) is 0.391. The number of carbonyl (C=O) groups is 1. The van der Waals surface area contributed by atoms with E-state index >= 15 is 0 Å². The van der Waals surface area contributed by atoms with Gasteiger partial charge in [-0.05, 0) is 41.2 Å². The van der Waals surface area contributed by atoms with Crippen molar-refractivity contribution in [3.63, 3.8) is 0 Å². The van der Waals surface area contributed by atoms with Crippen molar-refractivity contribution in [2.75, 3.05) is 7.11 Å². The highest BCUT2D eigenvalue weighted by molar-refractivity contribution is 5.93. The third-order valence-electron chi connectivity index (χ3n) is 4.91. The Balaban J connectivity index is 2.27. The third-order valence-corrected chi connectivity index (χ3v) is 4.91. The largest absolute Gasteiger partial charge is 0.496 e. The number of nitrogens with zero attached hydrogens (tertiary/aromatic N) is 1. The maximum absolute atomic E-state index is 11.3. The van der Waals surface area contributed by atoms with Crippen LogP contribution >= 0.6 is 0 Å². The van der Waals surface area contributed by atoms with Crippen LogP contribution in [-0.2, 0) is 10.8 Å². The lowest BCUT2D eigenvalue weighted by Gasteiger charge is -2.29. The Morgan fingerprint density at radius 2 is 1.57 bits per heavy atom. The molecule has 0 atom stereocenters. The van der Waals surface area contributed by atoms with Gasteiger partial charge < -0.3 is 14.8 Å². The quantitative estimate of drug-likeness (QED) is 0.626. The molecule has 2 N–H and O–H groups in total. The van der Waals surface area contributed by atoms with E-state index in [1.165, 1.54) is 0 Å². The van der Waals surface area contributed by atoms with Gasteiger partial charge in [0.05, 0.1) is 23.7 Å². The van der Waals surface area contributed by atoms with Gasteiger partial charge in [-0.2, -0.15) is 0 Å². The van der Waals surface area contributed by atoms with E-state index < -0.39 is 5.97 Å². The molecule has 3 aromatic rings. The summed E-state index contributed by atoms with van der Waals surface area (Å²) in [6.07, 6.45) is 0. The molecule has 0 saturated carbocycles. The number of methoxy groups -OCH3 is 1. The van der Waals surface area contributed by atoms with Crippen LogP contribution in [0.4, 0.5) is 0 Å². The Kier molecular flexibility index (Phi) is 4.74. The number of rotatable bonds is 3. The second kappa shape index (κ2) is 6.66. The molecule has 148 valence electrons. The highest BCUT2D eigenvalue weighted by Crippen LogP contribution is 2.42. The van der Waals surface area contributed by atoms with Crippen LogP contribution in [-0.4, -0.2) is 28.2 Å². The van der Waals surface area contributed by atoms with Crippen molar-refractivity contribution in [3.8, 4) is 17.1 Å². The van der Waals surface area contributed by atoms with Crippen LogP contribution in [0.1, 0.15) is 63.0 Å². The molecular weight excluding hydrogens is 352 g/mol. The van der Waals surface area contributed by atoms with Gasteiger partial charge in [0.15, 0.2) is 0 Å². The van der Waals surface area contributed by atoms with Crippen LogP contribution in [0.15, 0.2) is 30.3 Å². The summed E-state index contributed by atoms with van der Waals surface area (Å²) in [6.45, 7) is 13.0. The lowest BCUT2D eigenvalue weighted by Crippen LogP contribution is -2.19. The lowest BCUT2D eigenvalue weighted by molar-refractivity contribution is 0.0697. The van der Waals surface area contributed by atoms with Crippen molar-refractivity contribution in [2.45, 2.75) is 52.4 Å². The standard InChI is InChI=1S/C23H28N2O3/c1-22(2,3)15-10-14(11-16(19(15)28-7)23(4,5)6)20-24-17-9-8-13(21(26)27)12-18(17)25-20/h8-12H,1-7H3,(H,24,25)(H,26,27). The highest BCUT2D eigenvalue weighted by atomic mass is 16.5. The molecule has 0 aliphatic heterocycles. The molecule has 0 bridgehead atoms. The summed E-state index contributed by atoms with van der Waals surface area (Å²) in [6, 6.07) is 9.16. The number of imidazole rings is 1. The maximum atomic E-state index is 11.3. The summed E-state index contributed by atoms with van der Waals surface area (Å²) in [7, 11) is 1.72. The first-order valence-electron chi connectivity index (χ1n) is 9.38. The second-order valence-electron chi connectivity index (χ2n) is 9.23. The minimum atomic E-state index is -0.951. The van der Waals surface area contributed by atoms with E-state index in [1.54, 1.807) is 25.3 Å². The summed E-state index contributed by atoms with van der Waals surface area (Å²) in [5, 5.41) is 9.23. The molecule has 0 amide bonds. The molecule has 0 aliphatic carbocycles. The number of benzene rings is 2. The molecule has 5 heteroatoms. The van der Waals surface area contributed by atoms with Gasteiger partial charge >= 0.3 is 5.97 Å². The molecule has 1 heterocycles. The Hall–Kier alpha value is -2.82. The summed E-state index contributed by atoms with van der Waals surface area (Å²) < 4.78 is 5.83. The fourth-order valence-corrected chi connectivity index (χ4v) is 3.38. The monoisotopic (exact) mass is 380 g/mol. The first-order valence-corrected chi connectivity index (χ1v) is 9.38. The molecule has 0 radical (unpaired) electrons. The van der Waals surface area contributed by atoms with Crippen LogP contribution < -0.4 is 4.74 Å². The highest BCUT2D eigenvalue weighted by Gasteiger charge is 2.28. The van der Waals surface area contributed by atoms with E-state index in [0.29, 0.717) is 5.52 Å². The van der Waals surface area contributed by atoms with Crippen LogP contribution in [0.2, 0.25) is 0 Å². The number of hydrogen-bond donors (Lipinski definition) is 2. The van der Waals surface area contributed by atoms with E-state index in [4.69, 9.17) is 9.72 Å². The van der Waals surface area contributed by atoms with E-state index in [2.05, 4.69) is 58.7 Å². The van der Waals surface area contributed by atoms with Crippen molar-refractivity contribution in [1.82, 2.24) is 9.97 Å². The molecule has 5 nitrogen and oxygen atoms in total. The van der Waals surface area contributed by atoms with Gasteiger partial charge in [-0.15, -0.1) is 0 Å². The smallest absolute Gasteiger partial charge is 0.335 e. The van der Waals surface area contributed by atoms with Gasteiger partial charge in [0.2, 0.25) is 0 Å². The number of carboxylic acid groups (broad SMARTS) is 1. The molecule has 1 aromatic heterocycles. The summed E-state index contributed by atoms with van der Waals surface area (Å²) in [5.41, 5.74) is 4.67. The van der Waals surface area contributed by atoms with Crippen molar-refractivity contribution in [3.05, 3.63) is 47.0 Å². The minimum absolute atomic E-state index is 0.107. The number of aromatic carboxylic acids is 1. The average molecular weight is 380 g/mol. The van der Waals surface area contributed by atoms with Crippen molar-refractivity contribution in [2.24, 2.45) is 0 Å². The van der Waals surface area contributed by atoms with Gasteiger partial charge in [0.25, 0.3) is 0 Å². The molecule has 0 aliphatic rings. The van der Waals surface area contributed by atoms with Gasteiger partial charge in [-0.1, -0.05) is 41.5 Å². The average Bonchev–Trinajstić information content (AvgIpc) is 3.02. The Morgan fingerprint density at radius 1 is 1.00 bits per heavy atom. The zero-order valence-electron chi connectivity index (χ0n) is 17.6. The first kappa shape index (κ1) is 19.9. The molecule has 0 unspecified atom stereocenters. The lowest BCUT2D eigenvalue weighted by atomic mass is 9.78. The van der Waals surface area contributed by atoms with Crippen LogP contribution in [0.5, 0.6) is 5.75 Å². The molecule has 3 rings (SSSR count). The van der Waals surface area contributed by atoms with E-state index in [-0.39, 0.29) is 16.4 Å². The van der Waals surface area contributed by atoms with Crippen molar-refractivity contribution >= 4 is 17.0 Å². The summed E-state index contributed by atoms with van der Waals surface area (Å²) in [5.74, 6) is 0.678. The zero-order valence-corrected chi connectivity index (χ0v) is 17.6. The topological polar surface area (TPSA) is 75.2 Å². The van der Waals surface area contributed by atoms with E-state index in [1.807, 2.05) is 0 Å². The SMILES string of the molecule is COc1c(C(C)(C)C)cc(-c2nc3ccc(C(=O)O)cc3[nH]2)cc1C(C)(C)C. The van der Waals surface area contributed by atoms with Gasteiger partial charge in [0.1, 0.15) is 11.6 Å². The molecule has 0 fully saturated rings. The number of H-pyrrole nitrogens is 1. The fourth-order valence-electron chi connectivity index (χ4n) is 3.38. The number of aromatic amines is 1. The number of carboxylic acids is 1. The number of nitrogens with one attached hydrogen (secondary N) is 1. The molecule has 2 aromatic carbocycles. The third kappa shape index (κ3) is 3.61. The molecule has 28 heavy (non-hydrogen) atoms. The van der Waals surface area contributed by atoms with Gasteiger partial charge in [0, 0.05) is 16.7 Å². The number of hydrogen-bond acceptors (Lipinski definition) is 3. The second-order valence-corrected chi connectivity index (χ2v) is 9.23. The number of ether oxygens (including phenoxy) is 1. The Labute approximate surface area is 165 Å². The minimum Gasteiger partial charge on any atom is -0.496 e. The summed E-state index contributed by atoms with van der Waals surface area (Å²) in [4.78, 5) is 19.2.